The van der Waals surface area contributed by atoms with Crippen LogP contribution in [0.1, 0.15) is 11.4 Å². The number of hydrogen-bond acceptors (Lipinski definition) is 4. The molecule has 4 nitrogen and oxygen atoms in total. The quantitative estimate of drug-likeness (QED) is 0.669. The van der Waals surface area contributed by atoms with Crippen molar-refractivity contribution < 1.29 is 4.39 Å². The van der Waals surface area contributed by atoms with Crippen molar-refractivity contribution in [3.05, 3.63) is 70.8 Å². The molecule has 0 fully saturated rings. The van der Waals surface area contributed by atoms with E-state index in [0.29, 0.717) is 28.2 Å². The smallest absolute Gasteiger partial charge is 0.136 e. The zero-order valence-electron chi connectivity index (χ0n) is 13.3. The van der Waals surface area contributed by atoms with Crippen molar-refractivity contribution in [3.8, 4) is 0 Å². The molecular formula is C18H16ClFN4. The Bertz CT molecular complexity index is 883. The highest BCUT2D eigenvalue weighted by molar-refractivity contribution is 6.31. The molecular weight excluding hydrogens is 327 g/mol. The average molecular weight is 343 g/mol. The molecule has 24 heavy (non-hydrogen) atoms. The fraction of sp³-hybridized carbons (Fsp3) is 0.111. The molecule has 2 aromatic carbocycles. The second kappa shape index (κ2) is 6.84. The number of hydrogen-bond donors (Lipinski definition) is 2. The van der Waals surface area contributed by atoms with Gasteiger partial charge in [-0.05, 0) is 49.7 Å². The largest absolute Gasteiger partial charge is 0.340 e. The first-order valence-electron chi connectivity index (χ1n) is 7.42. The normalized spacial score (nSPS) is 10.5. The number of rotatable bonds is 4. The van der Waals surface area contributed by atoms with E-state index >= 15 is 0 Å². The van der Waals surface area contributed by atoms with Crippen LogP contribution in [0.15, 0.2) is 48.5 Å². The molecule has 0 spiro atoms. The SMILES string of the molecule is Cc1nc(Nc2cccc(F)c2)cc(Nc2cccc(Cl)c2C)n1. The monoisotopic (exact) mass is 342 g/mol. The molecule has 0 atom stereocenters. The van der Waals surface area contributed by atoms with Crippen LogP contribution < -0.4 is 10.6 Å². The summed E-state index contributed by atoms with van der Waals surface area (Å²) >= 11 is 6.14. The number of anilines is 4. The van der Waals surface area contributed by atoms with Gasteiger partial charge in [0, 0.05) is 22.5 Å². The predicted octanol–water partition coefficient (Wildman–Crippen LogP) is 5.37. The molecule has 2 N–H and O–H groups in total. The molecule has 1 heterocycles. The summed E-state index contributed by atoms with van der Waals surface area (Å²) in [5.41, 5.74) is 2.44. The second-order valence-electron chi connectivity index (χ2n) is 5.36. The van der Waals surface area contributed by atoms with E-state index in [-0.39, 0.29) is 5.82 Å². The number of nitrogens with zero attached hydrogens (tertiary/aromatic N) is 2. The molecule has 3 aromatic rings. The van der Waals surface area contributed by atoms with Gasteiger partial charge >= 0.3 is 0 Å². The minimum Gasteiger partial charge on any atom is -0.340 e. The lowest BCUT2D eigenvalue weighted by atomic mass is 10.2. The summed E-state index contributed by atoms with van der Waals surface area (Å²) in [6.07, 6.45) is 0. The van der Waals surface area contributed by atoms with Gasteiger partial charge in [-0.2, -0.15) is 0 Å². The van der Waals surface area contributed by atoms with Gasteiger partial charge in [0.1, 0.15) is 23.3 Å². The molecule has 0 aliphatic carbocycles. The van der Waals surface area contributed by atoms with Crippen LogP contribution in [0, 0.1) is 19.7 Å². The van der Waals surface area contributed by atoms with Crippen molar-refractivity contribution in [1.82, 2.24) is 9.97 Å². The summed E-state index contributed by atoms with van der Waals surface area (Å²) in [6, 6.07) is 13.6. The molecule has 0 unspecified atom stereocenters. The Balaban J connectivity index is 1.87. The molecule has 0 aliphatic heterocycles. The van der Waals surface area contributed by atoms with E-state index in [1.54, 1.807) is 25.1 Å². The average Bonchev–Trinajstić information content (AvgIpc) is 2.51. The maximum atomic E-state index is 13.3. The summed E-state index contributed by atoms with van der Waals surface area (Å²) < 4.78 is 13.3. The van der Waals surface area contributed by atoms with Gasteiger partial charge in [-0.25, -0.2) is 14.4 Å². The number of halogens is 2. The van der Waals surface area contributed by atoms with Gasteiger partial charge < -0.3 is 10.6 Å². The second-order valence-corrected chi connectivity index (χ2v) is 5.77. The Hall–Kier alpha value is -2.66. The van der Waals surface area contributed by atoms with Crippen LogP contribution in [0.5, 0.6) is 0 Å². The lowest BCUT2D eigenvalue weighted by Gasteiger charge is -2.12. The van der Waals surface area contributed by atoms with Crippen molar-refractivity contribution >= 4 is 34.6 Å². The van der Waals surface area contributed by atoms with E-state index in [1.807, 2.05) is 25.1 Å². The van der Waals surface area contributed by atoms with Crippen LogP contribution in [0.2, 0.25) is 5.02 Å². The maximum Gasteiger partial charge on any atom is 0.136 e. The van der Waals surface area contributed by atoms with Gasteiger partial charge in [0.05, 0.1) is 0 Å². The molecule has 0 amide bonds. The van der Waals surface area contributed by atoms with Gasteiger partial charge in [0.25, 0.3) is 0 Å². The van der Waals surface area contributed by atoms with Crippen LogP contribution in [-0.4, -0.2) is 9.97 Å². The first-order valence-corrected chi connectivity index (χ1v) is 7.79. The first kappa shape index (κ1) is 16.2. The standard InChI is InChI=1S/C18H16ClFN4/c1-11-15(19)7-4-8-16(11)24-18-10-17(21-12(2)22-18)23-14-6-3-5-13(20)9-14/h3-10H,1-2H3,(H2,21,22,23,24). The number of aryl methyl sites for hydroxylation is 1. The lowest BCUT2D eigenvalue weighted by molar-refractivity contribution is 0.628. The third-order valence-electron chi connectivity index (χ3n) is 3.47. The third kappa shape index (κ3) is 3.81. The van der Waals surface area contributed by atoms with Gasteiger partial charge in [0.15, 0.2) is 0 Å². The first-order chi connectivity index (χ1) is 11.5. The van der Waals surface area contributed by atoms with Crippen LogP contribution in [0.3, 0.4) is 0 Å². The third-order valence-corrected chi connectivity index (χ3v) is 3.87. The summed E-state index contributed by atoms with van der Waals surface area (Å²) in [6.45, 7) is 3.73. The Kier molecular flexibility index (Phi) is 4.62. The van der Waals surface area contributed by atoms with Gasteiger partial charge in [-0.1, -0.05) is 23.7 Å². The molecule has 0 aliphatic rings. The maximum absolute atomic E-state index is 13.3. The van der Waals surface area contributed by atoms with Gasteiger partial charge in [-0.15, -0.1) is 0 Å². The predicted molar refractivity (Wildman–Crippen MR) is 95.9 cm³/mol. The minimum absolute atomic E-state index is 0.307. The minimum atomic E-state index is -0.307. The molecule has 0 saturated heterocycles. The fourth-order valence-corrected chi connectivity index (χ4v) is 2.47. The summed E-state index contributed by atoms with van der Waals surface area (Å²) in [7, 11) is 0. The van der Waals surface area contributed by atoms with Crippen LogP contribution in [0.4, 0.5) is 27.4 Å². The molecule has 3 rings (SSSR count). The molecule has 0 bridgehead atoms. The highest BCUT2D eigenvalue weighted by Gasteiger charge is 2.06. The van der Waals surface area contributed by atoms with Crippen LogP contribution >= 0.6 is 11.6 Å². The summed E-state index contributed by atoms with van der Waals surface area (Å²) in [5.74, 6) is 1.50. The van der Waals surface area contributed by atoms with E-state index in [4.69, 9.17) is 11.6 Å². The molecule has 0 radical (unpaired) electrons. The van der Waals surface area contributed by atoms with Gasteiger partial charge in [0.2, 0.25) is 0 Å². The van der Waals surface area contributed by atoms with E-state index in [0.717, 1.165) is 11.3 Å². The molecule has 6 heteroatoms. The van der Waals surface area contributed by atoms with Crippen molar-refractivity contribution in [2.24, 2.45) is 0 Å². The van der Waals surface area contributed by atoms with Crippen molar-refractivity contribution in [2.45, 2.75) is 13.8 Å². The Labute approximate surface area is 144 Å². The zero-order chi connectivity index (χ0) is 17.1. The molecule has 0 saturated carbocycles. The van der Waals surface area contributed by atoms with Crippen LogP contribution in [-0.2, 0) is 0 Å². The topological polar surface area (TPSA) is 49.8 Å². The summed E-state index contributed by atoms with van der Waals surface area (Å²) in [4.78, 5) is 8.71. The van der Waals surface area contributed by atoms with E-state index in [1.165, 1.54) is 12.1 Å². The summed E-state index contributed by atoms with van der Waals surface area (Å²) in [5, 5.41) is 7.01. The molecule has 122 valence electrons. The highest BCUT2D eigenvalue weighted by atomic mass is 35.5. The van der Waals surface area contributed by atoms with Gasteiger partial charge in [-0.3, -0.25) is 0 Å². The number of nitrogens with one attached hydrogen (secondary N) is 2. The Morgan fingerprint density at radius 1 is 0.917 bits per heavy atom. The fourth-order valence-electron chi connectivity index (χ4n) is 2.29. The molecule has 1 aromatic heterocycles. The zero-order valence-corrected chi connectivity index (χ0v) is 14.0. The van der Waals surface area contributed by atoms with Crippen molar-refractivity contribution in [1.29, 1.82) is 0 Å². The van der Waals surface area contributed by atoms with E-state index in [2.05, 4.69) is 20.6 Å². The van der Waals surface area contributed by atoms with Crippen molar-refractivity contribution in [3.63, 3.8) is 0 Å². The van der Waals surface area contributed by atoms with E-state index in [9.17, 15) is 4.39 Å². The van der Waals surface area contributed by atoms with Crippen LogP contribution in [0.25, 0.3) is 0 Å². The number of benzene rings is 2. The highest BCUT2D eigenvalue weighted by Crippen LogP contribution is 2.26. The lowest BCUT2D eigenvalue weighted by Crippen LogP contribution is -2.02. The van der Waals surface area contributed by atoms with E-state index < -0.39 is 0 Å². The Morgan fingerprint density at radius 3 is 2.38 bits per heavy atom. The Morgan fingerprint density at radius 2 is 1.62 bits per heavy atom. The number of aromatic nitrogens is 2. The van der Waals surface area contributed by atoms with Crippen molar-refractivity contribution in [2.75, 3.05) is 10.6 Å².